The van der Waals surface area contributed by atoms with Gasteiger partial charge in [-0.2, -0.15) is 0 Å². The van der Waals surface area contributed by atoms with Crippen molar-refractivity contribution in [1.82, 2.24) is 4.57 Å². The van der Waals surface area contributed by atoms with Crippen molar-refractivity contribution in [2.75, 3.05) is 4.93 Å². The maximum Gasteiger partial charge on any atom is 0.0488 e. The predicted molar refractivity (Wildman–Crippen MR) is 128 cm³/mol. The summed E-state index contributed by atoms with van der Waals surface area (Å²) in [6, 6.07) is 17.0. The fraction of sp³-hybridized carbons (Fsp3) is 0.158. The van der Waals surface area contributed by atoms with E-state index in [4.69, 9.17) is 0 Å². The molecule has 1 heterocycles. The quantitative estimate of drug-likeness (QED) is 0.187. The summed E-state index contributed by atoms with van der Waals surface area (Å²) in [6.07, 6.45) is 5.53. The van der Waals surface area contributed by atoms with E-state index < -0.39 is 0 Å². The van der Waals surface area contributed by atoms with Crippen molar-refractivity contribution in [1.29, 1.82) is 0 Å². The lowest BCUT2D eigenvalue weighted by Crippen LogP contribution is -1.81. The van der Waals surface area contributed by atoms with Crippen LogP contribution in [0, 0.1) is 3.57 Å². The van der Waals surface area contributed by atoms with Gasteiger partial charge in [0.05, 0.1) is 0 Å². The number of fused-ring (bicyclic) bond motifs is 2. The molecule has 1 aliphatic carbocycles. The first-order chi connectivity index (χ1) is 11.2. The van der Waals surface area contributed by atoms with Crippen LogP contribution in [-0.4, -0.2) is 9.50 Å². The molecule has 4 rings (SSSR count). The van der Waals surface area contributed by atoms with Gasteiger partial charge < -0.3 is 4.57 Å². The molecule has 0 unspecified atom stereocenters. The zero-order chi connectivity index (χ0) is 16.8. The van der Waals surface area contributed by atoms with Gasteiger partial charge in [0.25, 0.3) is 0 Å². The van der Waals surface area contributed by atoms with Crippen LogP contribution in [0.4, 0.5) is 0 Å². The second kappa shape index (κ2) is 9.41. The molecule has 0 saturated heterocycles. The molecule has 0 spiro atoms. The van der Waals surface area contributed by atoms with Crippen LogP contribution in [0.15, 0.2) is 60.8 Å². The van der Waals surface area contributed by atoms with Gasteiger partial charge in [-0.25, -0.2) is 0 Å². The molecule has 0 saturated carbocycles. The number of hydrogen-bond acceptors (Lipinski definition) is 0. The van der Waals surface area contributed by atoms with E-state index in [1.165, 1.54) is 29.2 Å². The third-order valence-electron chi connectivity index (χ3n) is 3.62. The molecule has 0 radical (unpaired) electrons. The van der Waals surface area contributed by atoms with E-state index in [9.17, 15) is 0 Å². The van der Waals surface area contributed by atoms with E-state index in [1.54, 1.807) is 0 Å². The summed E-state index contributed by atoms with van der Waals surface area (Å²) in [5, 5.41) is 1.34. The van der Waals surface area contributed by atoms with Crippen LogP contribution in [0.5, 0.6) is 0 Å². The normalized spacial score (nSPS) is 11.8. The summed E-state index contributed by atoms with van der Waals surface area (Å²) in [5.74, 6) is 0. The Morgan fingerprint density at radius 1 is 0.913 bits per heavy atom. The number of nitrogens with zero attached hydrogens (tertiary/aromatic N) is 1. The lowest BCUT2D eigenvalue weighted by Gasteiger charge is -1.96. The maximum absolute atomic E-state index is 2.38. The monoisotopic (exact) mass is 641 g/mol. The SMILES string of the molecule is CI.Cn1cc(I)c2ccccc21.IC1=CCc2ccccc21. The number of hydrogen-bond donors (Lipinski definition) is 0. The zero-order valence-electron chi connectivity index (χ0n) is 13.1. The van der Waals surface area contributed by atoms with Crippen molar-refractivity contribution in [2.24, 2.45) is 7.05 Å². The number of rotatable bonds is 0. The molecule has 2 aromatic carbocycles. The predicted octanol–water partition coefficient (Wildman–Crippen LogP) is 6.85. The molecular weight excluding hydrogens is 623 g/mol. The van der Waals surface area contributed by atoms with Gasteiger partial charge >= 0.3 is 0 Å². The van der Waals surface area contributed by atoms with Crippen molar-refractivity contribution >= 4 is 82.3 Å². The first-order valence-corrected chi connectivity index (χ1v) is 11.5. The minimum absolute atomic E-state index is 1.12. The minimum Gasteiger partial charge on any atom is -0.349 e. The van der Waals surface area contributed by atoms with Crippen molar-refractivity contribution in [3.8, 4) is 0 Å². The van der Waals surface area contributed by atoms with Gasteiger partial charge in [0.15, 0.2) is 0 Å². The van der Waals surface area contributed by atoms with Gasteiger partial charge in [-0.15, -0.1) is 0 Å². The second-order valence-electron chi connectivity index (χ2n) is 5.02. The molecule has 1 nitrogen and oxygen atoms in total. The average Bonchev–Trinajstić information content (AvgIpc) is 3.12. The fourth-order valence-electron chi connectivity index (χ4n) is 2.53. The summed E-state index contributed by atoms with van der Waals surface area (Å²) in [7, 11) is 2.07. The molecule has 3 aromatic rings. The Morgan fingerprint density at radius 2 is 1.57 bits per heavy atom. The van der Waals surface area contributed by atoms with Crippen molar-refractivity contribution in [3.63, 3.8) is 0 Å². The average molecular weight is 641 g/mol. The van der Waals surface area contributed by atoms with Crippen LogP contribution in [0.25, 0.3) is 14.5 Å². The Balaban J connectivity index is 0.000000152. The number of halogens is 3. The van der Waals surface area contributed by atoms with Gasteiger partial charge in [-0.1, -0.05) is 71.1 Å². The molecule has 120 valence electrons. The second-order valence-corrected chi connectivity index (χ2v) is 7.34. The van der Waals surface area contributed by atoms with Gasteiger partial charge in [0, 0.05) is 31.3 Å². The van der Waals surface area contributed by atoms with Crippen LogP contribution in [0.2, 0.25) is 0 Å². The highest BCUT2D eigenvalue weighted by Crippen LogP contribution is 2.31. The summed E-state index contributed by atoms with van der Waals surface area (Å²) >= 11 is 6.89. The summed E-state index contributed by atoms with van der Waals surface area (Å²) < 4.78 is 4.87. The number of allylic oxidation sites excluding steroid dienone is 1. The highest BCUT2D eigenvalue weighted by atomic mass is 127. The molecule has 4 heteroatoms. The van der Waals surface area contributed by atoms with Gasteiger partial charge in [-0.3, -0.25) is 0 Å². The molecule has 1 aromatic heterocycles. The Hall–Kier alpha value is -0.0900. The standard InChI is InChI=1S/C9H8IN.C9H7I.CH3I/c1-11-6-8(10)7-4-2-3-5-9(7)11;10-9-6-5-7-3-1-2-4-8(7)9;1-2/h2-6H,1H3;1-4,6H,5H2;1H3. The number of aromatic nitrogens is 1. The van der Waals surface area contributed by atoms with E-state index >= 15 is 0 Å². The lowest BCUT2D eigenvalue weighted by molar-refractivity contribution is 0.966. The van der Waals surface area contributed by atoms with Crippen molar-refractivity contribution in [3.05, 3.63) is 75.5 Å². The number of benzene rings is 2. The van der Waals surface area contributed by atoms with Gasteiger partial charge in [0.2, 0.25) is 0 Å². The molecule has 0 amide bonds. The number of alkyl halides is 1. The topological polar surface area (TPSA) is 4.93 Å². The Kier molecular flexibility index (Phi) is 7.87. The Labute approximate surface area is 179 Å². The maximum atomic E-state index is 2.38. The largest absolute Gasteiger partial charge is 0.349 e. The third-order valence-corrected chi connectivity index (χ3v) is 5.51. The zero-order valence-corrected chi connectivity index (χ0v) is 19.5. The van der Waals surface area contributed by atoms with Crippen molar-refractivity contribution in [2.45, 2.75) is 6.42 Å². The molecule has 23 heavy (non-hydrogen) atoms. The van der Waals surface area contributed by atoms with Crippen molar-refractivity contribution < 1.29 is 0 Å². The molecule has 0 aliphatic heterocycles. The highest BCUT2D eigenvalue weighted by Gasteiger charge is 2.08. The van der Waals surface area contributed by atoms with Crippen LogP contribution in [-0.2, 0) is 13.5 Å². The Bertz CT molecular complexity index is 782. The summed E-state index contributed by atoms with van der Waals surface area (Å²) in [5.41, 5.74) is 4.19. The van der Waals surface area contributed by atoms with Crippen LogP contribution in [0.1, 0.15) is 11.1 Å². The van der Waals surface area contributed by atoms with E-state index in [1.807, 2.05) is 4.93 Å². The molecule has 0 N–H and O–H groups in total. The summed E-state index contributed by atoms with van der Waals surface area (Å²) in [6.45, 7) is 0. The first-order valence-electron chi connectivity index (χ1n) is 7.18. The summed E-state index contributed by atoms with van der Waals surface area (Å²) in [4.78, 5) is 1.97. The molecule has 0 atom stereocenters. The molecule has 0 fully saturated rings. The molecular formula is C19H18I3N. The highest BCUT2D eigenvalue weighted by molar-refractivity contribution is 14.1. The van der Waals surface area contributed by atoms with E-state index in [-0.39, 0.29) is 0 Å². The smallest absolute Gasteiger partial charge is 0.0488 e. The Morgan fingerprint density at radius 3 is 2.26 bits per heavy atom. The van der Waals surface area contributed by atoms with E-state index in [0.717, 1.165) is 6.42 Å². The number of para-hydroxylation sites is 1. The third kappa shape index (κ3) is 4.72. The fourth-order valence-corrected chi connectivity index (χ4v) is 4.15. The first kappa shape index (κ1) is 19.2. The van der Waals surface area contributed by atoms with E-state index in [2.05, 4.69) is 140 Å². The van der Waals surface area contributed by atoms with Crippen LogP contribution < -0.4 is 0 Å². The van der Waals surface area contributed by atoms with Crippen LogP contribution in [0.3, 0.4) is 0 Å². The minimum atomic E-state index is 1.12. The lowest BCUT2D eigenvalue weighted by atomic mass is 10.1. The number of aryl methyl sites for hydroxylation is 1. The van der Waals surface area contributed by atoms with E-state index in [0.29, 0.717) is 0 Å². The molecule has 0 bridgehead atoms. The molecule has 1 aliphatic rings. The van der Waals surface area contributed by atoms with Crippen LogP contribution >= 0.6 is 67.8 Å². The van der Waals surface area contributed by atoms with Gasteiger partial charge in [0.1, 0.15) is 0 Å². The van der Waals surface area contributed by atoms with Gasteiger partial charge in [-0.05, 0) is 73.7 Å².